The van der Waals surface area contributed by atoms with Crippen LogP contribution >= 0.6 is 23.2 Å². The van der Waals surface area contributed by atoms with Crippen LogP contribution in [0.2, 0.25) is 10.0 Å². The molecule has 0 spiro atoms. The van der Waals surface area contributed by atoms with Crippen LogP contribution in [0.1, 0.15) is 30.6 Å². The number of pyridine rings is 1. The second kappa shape index (κ2) is 6.92. The molecule has 0 saturated heterocycles. The molecule has 110 valence electrons. The number of halogens is 2. The van der Waals surface area contributed by atoms with Gasteiger partial charge in [0.25, 0.3) is 5.91 Å². The van der Waals surface area contributed by atoms with Crippen LogP contribution in [0.15, 0.2) is 36.7 Å². The second-order valence-electron chi connectivity index (χ2n) is 4.85. The molecule has 0 radical (unpaired) electrons. The maximum absolute atomic E-state index is 12.1. The number of aromatic nitrogens is 1. The lowest BCUT2D eigenvalue weighted by atomic mass is 10.1. The van der Waals surface area contributed by atoms with Gasteiger partial charge in [-0.1, -0.05) is 42.3 Å². The maximum Gasteiger partial charge on any atom is 0.253 e. The van der Waals surface area contributed by atoms with Crippen LogP contribution < -0.4 is 5.32 Å². The quantitative estimate of drug-likeness (QED) is 0.894. The Kier molecular flexibility index (Phi) is 5.21. The number of hydrogen-bond donors (Lipinski definition) is 1. The lowest BCUT2D eigenvalue weighted by molar-refractivity contribution is 0.0939. The van der Waals surface area contributed by atoms with Crippen LogP contribution in [0.4, 0.5) is 0 Å². The van der Waals surface area contributed by atoms with Gasteiger partial charge in [0.15, 0.2) is 0 Å². The highest BCUT2D eigenvalue weighted by Gasteiger charge is 2.12. The van der Waals surface area contributed by atoms with Crippen LogP contribution in [0, 0.1) is 0 Å². The summed E-state index contributed by atoms with van der Waals surface area (Å²) in [5.74, 6) is -0.142. The van der Waals surface area contributed by atoms with Crippen molar-refractivity contribution in [1.29, 1.82) is 0 Å². The molecule has 1 atom stereocenters. The summed E-state index contributed by atoms with van der Waals surface area (Å²) < 4.78 is 0. The molecule has 0 saturated carbocycles. The van der Waals surface area contributed by atoms with Gasteiger partial charge in [-0.05, 0) is 25.5 Å². The van der Waals surface area contributed by atoms with Crippen molar-refractivity contribution in [2.24, 2.45) is 0 Å². The van der Waals surface area contributed by atoms with Gasteiger partial charge in [-0.2, -0.15) is 0 Å². The first-order valence-electron chi connectivity index (χ1n) is 6.73. The fraction of sp³-hybridized carbons (Fsp3) is 0.250. The highest BCUT2D eigenvalue weighted by molar-refractivity contribution is 6.43. The van der Waals surface area contributed by atoms with Crippen molar-refractivity contribution in [2.75, 3.05) is 0 Å². The minimum atomic E-state index is -0.142. The zero-order valence-corrected chi connectivity index (χ0v) is 13.4. The molecule has 2 aromatic rings. The van der Waals surface area contributed by atoms with Gasteiger partial charge in [0, 0.05) is 29.6 Å². The average Bonchev–Trinajstić information content (AvgIpc) is 2.50. The van der Waals surface area contributed by atoms with Gasteiger partial charge >= 0.3 is 0 Å². The van der Waals surface area contributed by atoms with E-state index < -0.39 is 0 Å². The van der Waals surface area contributed by atoms with Gasteiger partial charge in [0.1, 0.15) is 0 Å². The minimum absolute atomic E-state index is 0.121. The number of benzene rings is 1. The van der Waals surface area contributed by atoms with Crippen LogP contribution in [0.25, 0.3) is 11.1 Å². The minimum Gasteiger partial charge on any atom is -0.350 e. The largest absolute Gasteiger partial charge is 0.350 e. The first-order chi connectivity index (χ1) is 10.0. The van der Waals surface area contributed by atoms with Crippen molar-refractivity contribution >= 4 is 29.1 Å². The second-order valence-corrected chi connectivity index (χ2v) is 5.63. The number of hydrogen-bond acceptors (Lipinski definition) is 2. The summed E-state index contributed by atoms with van der Waals surface area (Å²) in [5.41, 5.74) is 2.03. The molecule has 1 heterocycles. The first-order valence-corrected chi connectivity index (χ1v) is 7.48. The van der Waals surface area contributed by atoms with Crippen molar-refractivity contribution in [3.8, 4) is 11.1 Å². The molecule has 2 rings (SSSR count). The highest BCUT2D eigenvalue weighted by atomic mass is 35.5. The lowest BCUT2D eigenvalue weighted by Gasteiger charge is -2.12. The Balaban J connectivity index is 2.34. The van der Waals surface area contributed by atoms with Crippen LogP contribution in [-0.2, 0) is 0 Å². The van der Waals surface area contributed by atoms with Gasteiger partial charge in [-0.3, -0.25) is 9.78 Å². The van der Waals surface area contributed by atoms with Crippen molar-refractivity contribution in [2.45, 2.75) is 26.3 Å². The smallest absolute Gasteiger partial charge is 0.253 e. The molecular formula is C16H16Cl2N2O. The molecule has 0 unspecified atom stereocenters. The highest BCUT2D eigenvalue weighted by Crippen LogP contribution is 2.33. The van der Waals surface area contributed by atoms with Crippen molar-refractivity contribution in [1.82, 2.24) is 10.3 Å². The summed E-state index contributed by atoms with van der Waals surface area (Å²) in [6.45, 7) is 3.98. The Labute approximate surface area is 134 Å². The zero-order chi connectivity index (χ0) is 15.4. The zero-order valence-electron chi connectivity index (χ0n) is 11.9. The third-order valence-corrected chi connectivity index (χ3v) is 4.07. The molecule has 1 aromatic heterocycles. The van der Waals surface area contributed by atoms with Crippen molar-refractivity contribution in [3.63, 3.8) is 0 Å². The topological polar surface area (TPSA) is 42.0 Å². The number of amides is 1. The van der Waals surface area contributed by atoms with E-state index in [0.29, 0.717) is 15.6 Å². The normalized spacial score (nSPS) is 12.0. The third-order valence-electron chi connectivity index (χ3n) is 3.25. The van der Waals surface area contributed by atoms with Gasteiger partial charge in [-0.15, -0.1) is 0 Å². The molecule has 1 amide bonds. The van der Waals surface area contributed by atoms with E-state index in [0.717, 1.165) is 17.5 Å². The standard InChI is InChI=1S/C16H16Cl2N2O/c1-3-10(2)20-16(21)12-7-11(8-19-9-12)13-5-4-6-14(17)15(13)18/h4-10H,3H2,1-2H3,(H,20,21)/t10-/m1/s1. The molecule has 5 heteroatoms. The molecule has 3 nitrogen and oxygen atoms in total. The van der Waals surface area contributed by atoms with Crippen molar-refractivity contribution in [3.05, 3.63) is 52.3 Å². The Bertz CT molecular complexity index is 658. The molecule has 0 aliphatic heterocycles. The molecule has 0 fully saturated rings. The van der Waals surface area contributed by atoms with E-state index in [-0.39, 0.29) is 11.9 Å². The summed E-state index contributed by atoms with van der Waals surface area (Å²) in [6, 6.07) is 7.27. The molecular weight excluding hydrogens is 307 g/mol. The first kappa shape index (κ1) is 15.8. The van der Waals surface area contributed by atoms with E-state index in [2.05, 4.69) is 10.3 Å². The number of carbonyl (C=O) groups is 1. The fourth-order valence-corrected chi connectivity index (χ4v) is 2.26. The Hall–Kier alpha value is -1.58. The molecule has 0 aliphatic carbocycles. The number of rotatable bonds is 4. The lowest BCUT2D eigenvalue weighted by Crippen LogP contribution is -2.31. The fourth-order valence-electron chi connectivity index (χ4n) is 1.85. The maximum atomic E-state index is 12.1. The molecule has 0 bridgehead atoms. The summed E-state index contributed by atoms with van der Waals surface area (Å²) in [5, 5.41) is 3.85. The Morgan fingerprint density at radius 1 is 1.33 bits per heavy atom. The molecule has 0 aliphatic rings. The van der Waals surface area contributed by atoms with E-state index in [4.69, 9.17) is 23.2 Å². The van der Waals surface area contributed by atoms with E-state index in [1.54, 1.807) is 24.5 Å². The third kappa shape index (κ3) is 3.74. The molecule has 1 N–H and O–H groups in total. The molecule has 21 heavy (non-hydrogen) atoms. The Morgan fingerprint density at radius 3 is 2.81 bits per heavy atom. The summed E-state index contributed by atoms with van der Waals surface area (Å²) in [4.78, 5) is 16.3. The summed E-state index contributed by atoms with van der Waals surface area (Å²) in [7, 11) is 0. The van der Waals surface area contributed by atoms with Crippen LogP contribution in [0.3, 0.4) is 0 Å². The van der Waals surface area contributed by atoms with E-state index in [1.165, 1.54) is 0 Å². The predicted molar refractivity (Wildman–Crippen MR) is 86.9 cm³/mol. The van der Waals surface area contributed by atoms with Gasteiger partial charge in [-0.25, -0.2) is 0 Å². The monoisotopic (exact) mass is 322 g/mol. The van der Waals surface area contributed by atoms with E-state index >= 15 is 0 Å². The molecule has 1 aromatic carbocycles. The SMILES string of the molecule is CC[C@@H](C)NC(=O)c1cncc(-c2cccc(Cl)c2Cl)c1. The summed E-state index contributed by atoms with van der Waals surface area (Å²) in [6.07, 6.45) is 4.08. The van der Waals surface area contributed by atoms with Crippen LogP contribution in [-0.4, -0.2) is 16.9 Å². The van der Waals surface area contributed by atoms with E-state index in [1.807, 2.05) is 26.0 Å². The average molecular weight is 323 g/mol. The van der Waals surface area contributed by atoms with E-state index in [9.17, 15) is 4.79 Å². The van der Waals surface area contributed by atoms with Gasteiger partial charge in [0.05, 0.1) is 15.6 Å². The summed E-state index contributed by atoms with van der Waals surface area (Å²) >= 11 is 12.2. The number of carbonyl (C=O) groups excluding carboxylic acids is 1. The predicted octanol–water partition coefficient (Wildman–Crippen LogP) is 4.58. The van der Waals surface area contributed by atoms with Crippen LogP contribution in [0.5, 0.6) is 0 Å². The van der Waals surface area contributed by atoms with Gasteiger partial charge < -0.3 is 5.32 Å². The number of nitrogens with one attached hydrogen (secondary N) is 1. The Morgan fingerprint density at radius 2 is 2.10 bits per heavy atom. The van der Waals surface area contributed by atoms with Crippen molar-refractivity contribution < 1.29 is 4.79 Å². The number of nitrogens with zero attached hydrogens (tertiary/aromatic N) is 1. The van der Waals surface area contributed by atoms with Gasteiger partial charge in [0.2, 0.25) is 0 Å².